The number of aromatic nitrogens is 1. The van der Waals surface area contributed by atoms with Crippen LogP contribution in [-0.2, 0) is 5.54 Å². The molecule has 0 unspecified atom stereocenters. The molecule has 2 aromatic carbocycles. The molecule has 0 saturated heterocycles. The number of nitrogens with one attached hydrogen (secondary N) is 1. The van der Waals surface area contributed by atoms with E-state index in [1.165, 1.54) is 0 Å². The molecule has 3 rings (SSSR count). The van der Waals surface area contributed by atoms with Crippen molar-refractivity contribution in [2.75, 3.05) is 11.9 Å². The summed E-state index contributed by atoms with van der Waals surface area (Å²) >= 11 is 0. The van der Waals surface area contributed by atoms with Crippen molar-refractivity contribution in [1.82, 2.24) is 4.98 Å². The van der Waals surface area contributed by atoms with Crippen molar-refractivity contribution in [2.45, 2.75) is 32.7 Å². The summed E-state index contributed by atoms with van der Waals surface area (Å²) in [5, 5.41) is 3.33. The molecule has 0 fully saturated rings. The van der Waals surface area contributed by atoms with E-state index < -0.39 is 0 Å². The van der Waals surface area contributed by atoms with Gasteiger partial charge in [-0.3, -0.25) is 0 Å². The van der Waals surface area contributed by atoms with E-state index in [0.717, 1.165) is 11.1 Å². The molecule has 0 bridgehead atoms. The van der Waals surface area contributed by atoms with Crippen LogP contribution in [0.2, 0.25) is 0 Å². The van der Waals surface area contributed by atoms with Crippen LogP contribution in [0.4, 0.5) is 10.4 Å². The first-order chi connectivity index (χ1) is 12.5. The molecule has 0 saturated carbocycles. The van der Waals surface area contributed by atoms with Crippen LogP contribution in [0.15, 0.2) is 64.9 Å². The number of fused-ring (bicyclic) bond motifs is 1. The summed E-state index contributed by atoms with van der Waals surface area (Å²) in [5.41, 5.74) is 2.77. The highest BCUT2D eigenvalue weighted by Crippen LogP contribution is 2.29. The average Bonchev–Trinajstić information content (AvgIpc) is 3.04. The first-order valence-electron chi connectivity index (χ1n) is 8.67. The van der Waals surface area contributed by atoms with Gasteiger partial charge in [0, 0.05) is 6.07 Å². The molecule has 1 N–H and O–H groups in total. The number of anilines is 1. The van der Waals surface area contributed by atoms with Gasteiger partial charge in [-0.1, -0.05) is 37.3 Å². The molecule has 0 atom stereocenters. The van der Waals surface area contributed by atoms with E-state index in [9.17, 15) is 4.39 Å². The fourth-order valence-corrected chi connectivity index (χ4v) is 2.63. The van der Waals surface area contributed by atoms with Gasteiger partial charge in [-0.25, -0.2) is 4.39 Å². The average molecular weight is 354 g/mol. The Morgan fingerprint density at radius 3 is 2.69 bits per heavy atom. The van der Waals surface area contributed by atoms with Crippen molar-refractivity contribution in [1.29, 1.82) is 0 Å². The number of ether oxygens (including phenoxy) is 1. The first kappa shape index (κ1) is 18.0. The monoisotopic (exact) mass is 354 g/mol. The fourth-order valence-electron chi connectivity index (χ4n) is 2.63. The van der Waals surface area contributed by atoms with Gasteiger partial charge >= 0.3 is 0 Å². The Labute approximate surface area is 152 Å². The van der Waals surface area contributed by atoms with Crippen LogP contribution in [0.25, 0.3) is 11.1 Å². The van der Waals surface area contributed by atoms with Crippen LogP contribution in [0.3, 0.4) is 0 Å². The van der Waals surface area contributed by atoms with Crippen LogP contribution in [-0.4, -0.2) is 11.6 Å². The Balaban J connectivity index is 1.77. The van der Waals surface area contributed by atoms with Crippen LogP contribution in [0.5, 0.6) is 5.75 Å². The van der Waals surface area contributed by atoms with E-state index in [2.05, 4.69) is 36.3 Å². The number of nitrogens with zero attached hydrogens (tertiary/aromatic N) is 1. The lowest BCUT2D eigenvalue weighted by Crippen LogP contribution is -2.27. The fraction of sp³-hybridized carbons (Fsp3) is 0.286. The van der Waals surface area contributed by atoms with Gasteiger partial charge in [0.05, 0.1) is 11.9 Å². The number of oxazole rings is 1. The third kappa shape index (κ3) is 4.04. The summed E-state index contributed by atoms with van der Waals surface area (Å²) in [6, 6.07) is 16.0. The van der Waals surface area contributed by atoms with E-state index in [4.69, 9.17) is 9.15 Å². The second kappa shape index (κ2) is 7.60. The Morgan fingerprint density at radius 1 is 1.23 bits per heavy atom. The standard InChI is InChI=1S/C21H23FN2O2/c1-4-15(13-22)14-25-17-10-11-18-19(12-17)26-20(23-18)24-21(2,3)16-8-6-5-7-9-16/h5-13H,4,14H2,1-3H3,(H,23,24)/b15-13+. The molecule has 1 aromatic heterocycles. The molecule has 3 aromatic rings. The molecule has 1 heterocycles. The predicted octanol–water partition coefficient (Wildman–Crippen LogP) is 5.82. The number of hydrogen-bond acceptors (Lipinski definition) is 4. The zero-order chi connectivity index (χ0) is 18.6. The summed E-state index contributed by atoms with van der Waals surface area (Å²) in [6.07, 6.45) is 1.21. The van der Waals surface area contributed by atoms with Crippen LogP contribution >= 0.6 is 0 Å². The van der Waals surface area contributed by atoms with E-state index in [0.29, 0.717) is 35.7 Å². The molecular weight excluding hydrogens is 331 g/mol. The molecule has 4 nitrogen and oxygen atoms in total. The van der Waals surface area contributed by atoms with E-state index in [1.807, 2.05) is 37.3 Å². The van der Waals surface area contributed by atoms with Gasteiger partial charge in [-0.05, 0) is 43.5 Å². The topological polar surface area (TPSA) is 47.3 Å². The van der Waals surface area contributed by atoms with Crippen molar-refractivity contribution in [3.05, 3.63) is 66.0 Å². The number of hydrogen-bond donors (Lipinski definition) is 1. The smallest absolute Gasteiger partial charge is 0.296 e. The van der Waals surface area contributed by atoms with Crippen molar-refractivity contribution in [3.63, 3.8) is 0 Å². The highest BCUT2D eigenvalue weighted by atomic mass is 19.1. The summed E-state index contributed by atoms with van der Waals surface area (Å²) in [4.78, 5) is 4.49. The number of halogens is 1. The largest absolute Gasteiger partial charge is 0.489 e. The van der Waals surface area contributed by atoms with Crippen molar-refractivity contribution < 1.29 is 13.5 Å². The summed E-state index contributed by atoms with van der Waals surface area (Å²) in [7, 11) is 0. The predicted molar refractivity (Wildman–Crippen MR) is 102 cm³/mol. The lowest BCUT2D eigenvalue weighted by molar-refractivity contribution is 0.345. The Bertz CT molecular complexity index is 901. The molecule has 0 spiro atoms. The summed E-state index contributed by atoms with van der Waals surface area (Å²) in [5.74, 6) is 0.621. The Kier molecular flexibility index (Phi) is 5.26. The summed E-state index contributed by atoms with van der Waals surface area (Å²) in [6.45, 7) is 6.25. The highest BCUT2D eigenvalue weighted by Gasteiger charge is 2.22. The Morgan fingerprint density at radius 2 is 2.00 bits per heavy atom. The minimum atomic E-state index is -0.330. The lowest BCUT2D eigenvalue weighted by Gasteiger charge is -2.25. The van der Waals surface area contributed by atoms with Gasteiger partial charge in [0.2, 0.25) is 0 Å². The molecule has 0 aliphatic heterocycles. The maximum absolute atomic E-state index is 12.6. The molecular formula is C21H23FN2O2. The van der Waals surface area contributed by atoms with Crippen LogP contribution in [0.1, 0.15) is 32.8 Å². The first-order valence-corrected chi connectivity index (χ1v) is 8.67. The van der Waals surface area contributed by atoms with Crippen molar-refractivity contribution >= 4 is 17.1 Å². The SMILES string of the molecule is CC/C(=C\F)COc1ccc2nc(NC(C)(C)c3ccccc3)oc2c1. The van der Waals surface area contributed by atoms with Crippen molar-refractivity contribution in [3.8, 4) is 5.75 Å². The lowest BCUT2D eigenvalue weighted by atomic mass is 9.95. The zero-order valence-electron chi connectivity index (χ0n) is 15.3. The van der Waals surface area contributed by atoms with Crippen molar-refractivity contribution in [2.24, 2.45) is 0 Å². The molecule has 26 heavy (non-hydrogen) atoms. The van der Waals surface area contributed by atoms with E-state index >= 15 is 0 Å². The van der Waals surface area contributed by atoms with Gasteiger partial charge in [0.25, 0.3) is 6.01 Å². The second-order valence-electron chi connectivity index (χ2n) is 6.67. The van der Waals surface area contributed by atoms with Gasteiger partial charge in [0.1, 0.15) is 17.9 Å². The van der Waals surface area contributed by atoms with E-state index in [-0.39, 0.29) is 12.1 Å². The number of benzene rings is 2. The normalized spacial score (nSPS) is 12.4. The minimum absolute atomic E-state index is 0.221. The highest BCUT2D eigenvalue weighted by molar-refractivity contribution is 5.76. The van der Waals surface area contributed by atoms with E-state index in [1.54, 1.807) is 6.07 Å². The molecule has 5 heteroatoms. The third-order valence-electron chi connectivity index (χ3n) is 4.31. The van der Waals surface area contributed by atoms with Crippen LogP contribution < -0.4 is 10.1 Å². The minimum Gasteiger partial charge on any atom is -0.489 e. The molecule has 0 aliphatic carbocycles. The molecule has 0 radical (unpaired) electrons. The maximum atomic E-state index is 12.6. The van der Waals surface area contributed by atoms with Crippen LogP contribution in [0, 0.1) is 0 Å². The number of rotatable bonds is 7. The molecule has 0 aliphatic rings. The summed E-state index contributed by atoms with van der Waals surface area (Å²) < 4.78 is 24.1. The third-order valence-corrected chi connectivity index (χ3v) is 4.31. The zero-order valence-corrected chi connectivity index (χ0v) is 15.3. The van der Waals surface area contributed by atoms with Gasteiger partial charge in [-0.15, -0.1) is 0 Å². The molecule has 0 amide bonds. The quantitative estimate of drug-likeness (QED) is 0.581. The van der Waals surface area contributed by atoms with Gasteiger partial charge < -0.3 is 14.5 Å². The van der Waals surface area contributed by atoms with Gasteiger partial charge in [0.15, 0.2) is 5.58 Å². The maximum Gasteiger partial charge on any atom is 0.296 e. The van der Waals surface area contributed by atoms with Gasteiger partial charge in [-0.2, -0.15) is 4.98 Å². The Hall–Kier alpha value is -2.82. The second-order valence-corrected chi connectivity index (χ2v) is 6.67. The molecule has 136 valence electrons.